The Morgan fingerprint density at radius 2 is 1.89 bits per heavy atom. The number of fused-ring (bicyclic) bond motifs is 1. The fourth-order valence-corrected chi connectivity index (χ4v) is 2.47. The first-order valence-electron chi connectivity index (χ1n) is 6.67. The average molecular weight is 258 g/mol. The van der Waals surface area contributed by atoms with E-state index in [1.807, 2.05) is 12.1 Å². The highest BCUT2D eigenvalue weighted by Gasteiger charge is 2.29. The first kappa shape index (κ1) is 13.9. The van der Waals surface area contributed by atoms with E-state index in [0.717, 1.165) is 5.70 Å². The van der Waals surface area contributed by atoms with Crippen LogP contribution in [0.4, 0.5) is 0 Å². The SMILES string of the molecule is CO[C@@H](C1=Cc2ccccc2[C@@H](C)N=N1)C(C)(C)C. The maximum Gasteiger partial charge on any atom is 0.106 e. The molecule has 1 aromatic rings. The second kappa shape index (κ2) is 5.25. The van der Waals surface area contributed by atoms with E-state index in [1.165, 1.54) is 11.1 Å². The van der Waals surface area contributed by atoms with Crippen molar-refractivity contribution in [2.24, 2.45) is 15.6 Å². The van der Waals surface area contributed by atoms with Gasteiger partial charge in [-0.1, -0.05) is 45.0 Å². The summed E-state index contributed by atoms with van der Waals surface area (Å²) in [6.07, 6.45) is 2.04. The van der Waals surface area contributed by atoms with Crippen molar-refractivity contribution in [3.8, 4) is 0 Å². The van der Waals surface area contributed by atoms with Crippen LogP contribution in [0.1, 0.15) is 44.9 Å². The predicted molar refractivity (Wildman–Crippen MR) is 77.9 cm³/mol. The lowest BCUT2D eigenvalue weighted by Gasteiger charge is -2.29. The lowest BCUT2D eigenvalue weighted by Crippen LogP contribution is -2.29. The van der Waals surface area contributed by atoms with Gasteiger partial charge >= 0.3 is 0 Å². The Kier molecular flexibility index (Phi) is 3.85. The Labute approximate surface area is 115 Å². The molecule has 0 N–H and O–H groups in total. The van der Waals surface area contributed by atoms with E-state index in [2.05, 4.69) is 56.1 Å². The summed E-state index contributed by atoms with van der Waals surface area (Å²) in [5.41, 5.74) is 3.28. The summed E-state index contributed by atoms with van der Waals surface area (Å²) in [6, 6.07) is 8.39. The average Bonchev–Trinajstić information content (AvgIpc) is 2.49. The highest BCUT2D eigenvalue weighted by molar-refractivity contribution is 5.59. The van der Waals surface area contributed by atoms with Crippen LogP contribution in [0.3, 0.4) is 0 Å². The minimum atomic E-state index is -0.0605. The van der Waals surface area contributed by atoms with Crippen LogP contribution >= 0.6 is 0 Å². The lowest BCUT2D eigenvalue weighted by atomic mass is 9.86. The van der Waals surface area contributed by atoms with Crippen molar-refractivity contribution in [3.05, 3.63) is 41.1 Å². The zero-order valence-electron chi connectivity index (χ0n) is 12.3. The minimum Gasteiger partial charge on any atom is -0.375 e. The summed E-state index contributed by atoms with van der Waals surface area (Å²) >= 11 is 0. The van der Waals surface area contributed by atoms with E-state index in [0.29, 0.717) is 0 Å². The van der Waals surface area contributed by atoms with Gasteiger partial charge in [-0.2, -0.15) is 10.2 Å². The number of hydrogen-bond acceptors (Lipinski definition) is 3. The second-order valence-electron chi connectivity index (χ2n) is 6.07. The van der Waals surface area contributed by atoms with Gasteiger partial charge in [0, 0.05) is 7.11 Å². The van der Waals surface area contributed by atoms with Crippen LogP contribution in [-0.4, -0.2) is 13.2 Å². The highest BCUT2D eigenvalue weighted by atomic mass is 16.5. The second-order valence-corrected chi connectivity index (χ2v) is 6.07. The van der Waals surface area contributed by atoms with E-state index < -0.39 is 0 Å². The standard InChI is InChI=1S/C16H22N2O/c1-11-13-9-7-6-8-12(13)10-14(18-17-11)15(19-5)16(2,3)4/h6-11,15H,1-5H3/t11-,15+/m1/s1. The Hall–Kier alpha value is -1.48. The molecule has 0 bridgehead atoms. The lowest BCUT2D eigenvalue weighted by molar-refractivity contribution is 0.0438. The first-order chi connectivity index (χ1) is 8.93. The smallest absolute Gasteiger partial charge is 0.106 e. The number of rotatable bonds is 2. The topological polar surface area (TPSA) is 34.0 Å². The number of azo groups is 1. The molecule has 102 valence electrons. The molecule has 0 fully saturated rings. The van der Waals surface area contributed by atoms with E-state index >= 15 is 0 Å². The molecule has 2 rings (SSSR count). The van der Waals surface area contributed by atoms with Crippen molar-refractivity contribution in [1.82, 2.24) is 0 Å². The minimum absolute atomic E-state index is 0.0118. The number of benzene rings is 1. The Morgan fingerprint density at radius 3 is 2.53 bits per heavy atom. The molecule has 2 atom stereocenters. The van der Waals surface area contributed by atoms with Crippen molar-refractivity contribution in [3.63, 3.8) is 0 Å². The summed E-state index contributed by atoms with van der Waals surface area (Å²) in [7, 11) is 1.73. The first-order valence-corrected chi connectivity index (χ1v) is 6.67. The van der Waals surface area contributed by atoms with Crippen molar-refractivity contribution in [2.45, 2.75) is 39.8 Å². The largest absolute Gasteiger partial charge is 0.375 e. The van der Waals surface area contributed by atoms with Crippen molar-refractivity contribution in [1.29, 1.82) is 0 Å². The molecule has 1 aliphatic heterocycles. The number of methoxy groups -OCH3 is 1. The summed E-state index contributed by atoms with van der Waals surface area (Å²) in [6.45, 7) is 8.52. The van der Waals surface area contributed by atoms with E-state index in [-0.39, 0.29) is 17.6 Å². The fourth-order valence-electron chi connectivity index (χ4n) is 2.47. The summed E-state index contributed by atoms with van der Waals surface area (Å²) in [5, 5.41) is 8.82. The van der Waals surface area contributed by atoms with Crippen molar-refractivity contribution < 1.29 is 4.74 Å². The zero-order chi connectivity index (χ0) is 14.0. The molecule has 0 aromatic heterocycles. The molecule has 0 spiro atoms. The molecule has 0 aliphatic carbocycles. The summed E-state index contributed by atoms with van der Waals surface area (Å²) in [5.74, 6) is 0. The Morgan fingerprint density at radius 1 is 1.21 bits per heavy atom. The highest BCUT2D eigenvalue weighted by Crippen LogP contribution is 2.34. The van der Waals surface area contributed by atoms with E-state index in [9.17, 15) is 0 Å². The van der Waals surface area contributed by atoms with Crippen LogP contribution in [0.25, 0.3) is 6.08 Å². The zero-order valence-corrected chi connectivity index (χ0v) is 12.3. The van der Waals surface area contributed by atoms with Crippen molar-refractivity contribution >= 4 is 6.08 Å². The normalized spacial score (nSPS) is 20.5. The molecule has 0 amide bonds. The molecule has 0 saturated carbocycles. The van der Waals surface area contributed by atoms with Gasteiger partial charge in [0.25, 0.3) is 0 Å². The molecule has 0 unspecified atom stereocenters. The molecule has 1 aromatic carbocycles. The molecule has 3 heteroatoms. The van der Waals surface area contributed by atoms with Gasteiger partial charge in [0.2, 0.25) is 0 Å². The molecular weight excluding hydrogens is 236 g/mol. The maximum atomic E-state index is 5.64. The summed E-state index contributed by atoms with van der Waals surface area (Å²) in [4.78, 5) is 0. The van der Waals surface area contributed by atoms with Crippen LogP contribution in [0.2, 0.25) is 0 Å². The van der Waals surface area contributed by atoms with E-state index in [4.69, 9.17) is 4.74 Å². The van der Waals surface area contributed by atoms with Gasteiger partial charge in [0.15, 0.2) is 0 Å². The fraction of sp³-hybridized carbons (Fsp3) is 0.500. The molecular formula is C16H22N2O. The molecule has 3 nitrogen and oxygen atoms in total. The van der Waals surface area contributed by atoms with Gasteiger partial charge in [-0.25, -0.2) is 0 Å². The third kappa shape index (κ3) is 2.92. The number of hydrogen-bond donors (Lipinski definition) is 0. The van der Waals surface area contributed by atoms with Crippen LogP contribution in [0.5, 0.6) is 0 Å². The molecule has 1 aliphatic rings. The van der Waals surface area contributed by atoms with Gasteiger partial charge in [-0.15, -0.1) is 0 Å². The van der Waals surface area contributed by atoms with Crippen molar-refractivity contribution in [2.75, 3.05) is 7.11 Å². The monoisotopic (exact) mass is 258 g/mol. The van der Waals surface area contributed by atoms with Gasteiger partial charge in [-0.3, -0.25) is 0 Å². The molecule has 1 heterocycles. The van der Waals surface area contributed by atoms with Gasteiger partial charge in [0.05, 0.1) is 11.7 Å². The number of ether oxygens (including phenoxy) is 1. The van der Waals surface area contributed by atoms with E-state index in [1.54, 1.807) is 7.11 Å². The predicted octanol–water partition coefficient (Wildman–Crippen LogP) is 4.62. The quantitative estimate of drug-likeness (QED) is 0.762. The molecule has 19 heavy (non-hydrogen) atoms. The van der Waals surface area contributed by atoms with Gasteiger partial charge < -0.3 is 4.74 Å². The molecule has 0 saturated heterocycles. The van der Waals surface area contributed by atoms with Crippen LogP contribution in [0, 0.1) is 5.41 Å². The van der Waals surface area contributed by atoms with Crippen LogP contribution in [-0.2, 0) is 4.74 Å². The number of nitrogens with zero attached hydrogens (tertiary/aromatic N) is 2. The van der Waals surface area contributed by atoms with Gasteiger partial charge in [0.1, 0.15) is 6.10 Å². The third-order valence-corrected chi connectivity index (χ3v) is 3.39. The Bertz CT molecular complexity index is 512. The van der Waals surface area contributed by atoms with Crippen LogP contribution < -0.4 is 0 Å². The summed E-state index contributed by atoms with van der Waals surface area (Å²) < 4.78 is 5.64. The maximum absolute atomic E-state index is 5.64. The third-order valence-electron chi connectivity index (χ3n) is 3.39. The van der Waals surface area contributed by atoms with Crippen LogP contribution in [0.15, 0.2) is 40.2 Å². The molecule has 0 radical (unpaired) electrons. The Balaban J connectivity index is 2.48. The van der Waals surface area contributed by atoms with Gasteiger partial charge in [-0.05, 0) is 29.5 Å².